The maximum Gasteiger partial charge on any atom is 0.340 e. The zero-order valence-electron chi connectivity index (χ0n) is 18.0. The molecular formula is C25H21BrN2O5. The Bertz CT molecular complexity index is 1260. The quantitative estimate of drug-likeness (QED) is 0.496. The summed E-state index contributed by atoms with van der Waals surface area (Å²) in [6.07, 6.45) is -0.0842. The summed E-state index contributed by atoms with van der Waals surface area (Å²) in [5.74, 6) is 0.0509. The Morgan fingerprint density at radius 2 is 1.88 bits per heavy atom. The average Bonchev–Trinajstić information content (AvgIpc) is 3.29. The lowest BCUT2D eigenvalue weighted by atomic mass is 9.95. The van der Waals surface area contributed by atoms with E-state index in [0.717, 1.165) is 21.3 Å². The first-order chi connectivity index (χ1) is 16.0. The number of aromatic carboxylic acids is 1. The van der Waals surface area contributed by atoms with E-state index in [2.05, 4.69) is 15.9 Å². The zero-order chi connectivity index (χ0) is 23.1. The molecule has 0 aromatic heterocycles. The van der Waals surface area contributed by atoms with Gasteiger partial charge >= 0.3 is 5.97 Å². The number of methoxy groups -OCH3 is 2. The van der Waals surface area contributed by atoms with Crippen molar-refractivity contribution in [3.63, 3.8) is 0 Å². The summed E-state index contributed by atoms with van der Waals surface area (Å²) in [5, 5.41) is 16.8. The lowest BCUT2D eigenvalue weighted by Crippen LogP contribution is -2.34. The monoisotopic (exact) mass is 508 g/mol. The molecule has 33 heavy (non-hydrogen) atoms. The second kappa shape index (κ2) is 8.44. The van der Waals surface area contributed by atoms with Crippen LogP contribution < -0.4 is 14.2 Å². The molecule has 0 fully saturated rings. The fourth-order valence-electron chi connectivity index (χ4n) is 4.44. The molecule has 0 aliphatic carbocycles. The first kappa shape index (κ1) is 21.3. The number of hydrazone groups is 1. The van der Waals surface area contributed by atoms with Crippen LogP contribution >= 0.6 is 15.9 Å². The highest BCUT2D eigenvalue weighted by molar-refractivity contribution is 9.10. The number of ether oxygens (including phenoxy) is 3. The number of rotatable bonds is 5. The molecule has 0 spiro atoms. The van der Waals surface area contributed by atoms with E-state index in [1.807, 2.05) is 53.5 Å². The van der Waals surface area contributed by atoms with Gasteiger partial charge in [0, 0.05) is 22.0 Å². The van der Waals surface area contributed by atoms with Crippen LogP contribution in [0.4, 0.5) is 0 Å². The van der Waals surface area contributed by atoms with Gasteiger partial charge in [-0.15, -0.1) is 0 Å². The fraction of sp³-hybridized carbons (Fsp3) is 0.200. The molecule has 0 saturated carbocycles. The lowest BCUT2D eigenvalue weighted by Gasteiger charge is -2.38. The first-order valence-corrected chi connectivity index (χ1v) is 11.2. The number of carboxylic acids is 1. The number of carbonyl (C=O) groups is 1. The number of halogens is 1. The molecule has 0 bridgehead atoms. The van der Waals surface area contributed by atoms with Gasteiger partial charge in [0.25, 0.3) is 0 Å². The minimum atomic E-state index is -1.13. The summed E-state index contributed by atoms with van der Waals surface area (Å²) in [6, 6.07) is 19.1. The van der Waals surface area contributed by atoms with Crippen molar-refractivity contribution in [2.75, 3.05) is 14.2 Å². The highest BCUT2D eigenvalue weighted by atomic mass is 79.9. The molecule has 7 nitrogen and oxygen atoms in total. The number of fused-ring (bicyclic) bond motifs is 3. The van der Waals surface area contributed by atoms with E-state index in [9.17, 15) is 9.90 Å². The smallest absolute Gasteiger partial charge is 0.340 e. The van der Waals surface area contributed by atoms with Crippen LogP contribution in [0.3, 0.4) is 0 Å². The van der Waals surface area contributed by atoms with E-state index < -0.39 is 12.2 Å². The number of carboxylic acid groups (broad SMARTS) is 1. The van der Waals surface area contributed by atoms with Gasteiger partial charge in [-0.25, -0.2) is 9.80 Å². The summed E-state index contributed by atoms with van der Waals surface area (Å²) in [6.45, 7) is 0. The van der Waals surface area contributed by atoms with Crippen LogP contribution in [0, 0.1) is 0 Å². The third-order valence-electron chi connectivity index (χ3n) is 5.92. The molecule has 2 aliphatic rings. The predicted octanol–water partition coefficient (Wildman–Crippen LogP) is 5.41. The third-order valence-corrected chi connectivity index (χ3v) is 6.41. The van der Waals surface area contributed by atoms with Crippen molar-refractivity contribution < 1.29 is 24.1 Å². The second-order valence-electron chi connectivity index (χ2n) is 7.74. The van der Waals surface area contributed by atoms with Gasteiger partial charge in [0.2, 0.25) is 6.23 Å². The van der Waals surface area contributed by atoms with Crippen LogP contribution in [0.25, 0.3) is 0 Å². The highest BCUT2D eigenvalue weighted by Gasteiger charge is 2.43. The molecule has 168 valence electrons. The fourth-order valence-corrected chi connectivity index (χ4v) is 4.82. The Hall–Kier alpha value is -3.52. The van der Waals surface area contributed by atoms with Crippen LogP contribution in [0.2, 0.25) is 0 Å². The molecule has 3 aromatic carbocycles. The van der Waals surface area contributed by atoms with Crippen LogP contribution in [-0.4, -0.2) is 36.0 Å². The summed E-state index contributed by atoms with van der Waals surface area (Å²) in [4.78, 5) is 12.3. The van der Waals surface area contributed by atoms with Gasteiger partial charge < -0.3 is 19.3 Å². The number of hydrogen-bond acceptors (Lipinski definition) is 6. The molecule has 8 heteroatoms. The molecule has 2 atom stereocenters. The summed E-state index contributed by atoms with van der Waals surface area (Å²) in [7, 11) is 2.90. The number of hydrogen-bond donors (Lipinski definition) is 1. The standard InChI is InChI=1S/C25H21BrN2O5/c1-31-21-11-9-16(22(25(29)30)23(21)32-2)24-28-19(17-12-15(26)8-10-20(17)33-24)13-18(27-28)14-6-4-3-5-7-14/h3-12,19,24H,13H2,1-2H3,(H,29,30). The Morgan fingerprint density at radius 3 is 2.58 bits per heavy atom. The predicted molar refractivity (Wildman–Crippen MR) is 126 cm³/mol. The Balaban J connectivity index is 1.68. The van der Waals surface area contributed by atoms with Gasteiger partial charge in [-0.05, 0) is 35.9 Å². The van der Waals surface area contributed by atoms with Gasteiger partial charge in [0.15, 0.2) is 11.5 Å². The number of benzene rings is 3. The largest absolute Gasteiger partial charge is 0.493 e. The molecule has 0 amide bonds. The first-order valence-electron chi connectivity index (χ1n) is 10.4. The minimum Gasteiger partial charge on any atom is -0.493 e. The van der Waals surface area contributed by atoms with E-state index >= 15 is 0 Å². The van der Waals surface area contributed by atoms with Crippen molar-refractivity contribution in [2.45, 2.75) is 18.7 Å². The van der Waals surface area contributed by atoms with Crippen molar-refractivity contribution in [1.29, 1.82) is 0 Å². The summed E-state index contributed by atoms with van der Waals surface area (Å²) < 4.78 is 18.1. The van der Waals surface area contributed by atoms with E-state index in [1.165, 1.54) is 14.2 Å². The molecule has 0 saturated heterocycles. The average molecular weight is 509 g/mol. The molecule has 5 rings (SSSR count). The van der Waals surface area contributed by atoms with Crippen molar-refractivity contribution in [3.8, 4) is 17.2 Å². The van der Waals surface area contributed by atoms with E-state index in [0.29, 0.717) is 23.5 Å². The molecule has 0 radical (unpaired) electrons. The summed E-state index contributed by atoms with van der Waals surface area (Å²) in [5.41, 5.74) is 3.36. The van der Waals surface area contributed by atoms with Crippen molar-refractivity contribution in [2.24, 2.45) is 5.10 Å². The van der Waals surface area contributed by atoms with Gasteiger partial charge in [0.05, 0.1) is 26.0 Å². The van der Waals surface area contributed by atoms with Gasteiger partial charge in [0.1, 0.15) is 11.3 Å². The topological polar surface area (TPSA) is 80.6 Å². The van der Waals surface area contributed by atoms with Crippen molar-refractivity contribution in [3.05, 3.63) is 87.4 Å². The van der Waals surface area contributed by atoms with Gasteiger partial charge in [-0.1, -0.05) is 46.3 Å². The van der Waals surface area contributed by atoms with Crippen LogP contribution in [0.5, 0.6) is 17.2 Å². The SMILES string of the molecule is COc1ccc(C2Oc3ccc(Br)cc3C3CC(c4ccccc4)=NN32)c(C(=O)O)c1OC. The molecule has 3 aromatic rings. The summed E-state index contributed by atoms with van der Waals surface area (Å²) >= 11 is 3.55. The van der Waals surface area contributed by atoms with Crippen molar-refractivity contribution in [1.82, 2.24) is 5.01 Å². The maximum atomic E-state index is 12.3. The lowest BCUT2D eigenvalue weighted by molar-refractivity contribution is -0.0199. The molecule has 2 aliphatic heterocycles. The Kier molecular flexibility index (Phi) is 5.46. The Labute approximate surface area is 199 Å². The molecular weight excluding hydrogens is 488 g/mol. The normalized spacial score (nSPS) is 18.6. The minimum absolute atomic E-state index is 0.00970. The van der Waals surface area contributed by atoms with Crippen LogP contribution in [0.1, 0.15) is 45.7 Å². The molecule has 1 N–H and O–H groups in total. The van der Waals surface area contributed by atoms with Gasteiger partial charge in [-0.3, -0.25) is 0 Å². The Morgan fingerprint density at radius 1 is 1.09 bits per heavy atom. The van der Waals surface area contributed by atoms with Crippen molar-refractivity contribution >= 4 is 27.6 Å². The van der Waals surface area contributed by atoms with Gasteiger partial charge in [-0.2, -0.15) is 5.10 Å². The molecule has 2 heterocycles. The van der Waals surface area contributed by atoms with E-state index in [-0.39, 0.29) is 17.4 Å². The van der Waals surface area contributed by atoms with E-state index in [4.69, 9.17) is 19.3 Å². The molecule has 2 unspecified atom stereocenters. The van der Waals surface area contributed by atoms with Crippen LogP contribution in [-0.2, 0) is 0 Å². The third kappa shape index (κ3) is 3.60. The maximum absolute atomic E-state index is 12.3. The second-order valence-corrected chi connectivity index (χ2v) is 8.65. The van der Waals surface area contributed by atoms with E-state index in [1.54, 1.807) is 12.1 Å². The number of nitrogens with zero attached hydrogens (tertiary/aromatic N) is 2. The highest BCUT2D eigenvalue weighted by Crippen LogP contribution is 2.50. The van der Waals surface area contributed by atoms with Crippen LogP contribution in [0.15, 0.2) is 70.2 Å². The zero-order valence-corrected chi connectivity index (χ0v) is 19.6.